The summed E-state index contributed by atoms with van der Waals surface area (Å²) in [5.41, 5.74) is 1.58. The molecule has 0 radical (unpaired) electrons. The van der Waals surface area contributed by atoms with Crippen molar-refractivity contribution in [3.05, 3.63) is 53.6 Å². The highest BCUT2D eigenvalue weighted by Gasteiger charge is 2.26. The van der Waals surface area contributed by atoms with Crippen LogP contribution in [-0.4, -0.2) is 54.0 Å². The number of aryl methyl sites for hydroxylation is 1. The number of hydrogen-bond donors (Lipinski definition) is 5. The molecule has 5 N–H and O–H groups in total. The van der Waals surface area contributed by atoms with Gasteiger partial charge in [-0.25, -0.2) is 21.6 Å². The molecule has 1 aliphatic carbocycles. The van der Waals surface area contributed by atoms with Gasteiger partial charge in [0.05, 0.1) is 16.2 Å². The number of hydrogen-bond acceptors (Lipinski definition) is 7. The molecule has 11 nitrogen and oxygen atoms in total. The Morgan fingerprint density at radius 3 is 2.20 bits per heavy atom. The third-order valence-corrected chi connectivity index (χ3v) is 9.50. The fraction of sp³-hybridized carbons (Fsp3) is 0.444. The molecule has 1 atom stereocenters. The van der Waals surface area contributed by atoms with Crippen LogP contribution in [0.1, 0.15) is 49.7 Å². The number of amides is 2. The van der Waals surface area contributed by atoms with Crippen molar-refractivity contribution in [2.75, 3.05) is 18.6 Å². The Hall–Kier alpha value is -3.29. The van der Waals surface area contributed by atoms with Crippen LogP contribution < -0.4 is 20.7 Å². The Bertz CT molecular complexity index is 1450. The topological polar surface area (TPSA) is 174 Å². The summed E-state index contributed by atoms with van der Waals surface area (Å²) in [5, 5.41) is 16.4. The predicted molar refractivity (Wildman–Crippen MR) is 153 cm³/mol. The molecule has 1 aliphatic rings. The lowest BCUT2D eigenvalue weighted by atomic mass is 9.84. The Morgan fingerprint density at radius 2 is 1.60 bits per heavy atom. The van der Waals surface area contributed by atoms with Gasteiger partial charge in [0.1, 0.15) is 6.04 Å². The maximum absolute atomic E-state index is 13.4. The van der Waals surface area contributed by atoms with Gasteiger partial charge in [-0.15, -0.1) is 0 Å². The molecule has 0 saturated heterocycles. The second-order valence-corrected chi connectivity index (χ2v) is 14.0. The molecule has 2 amide bonds. The molecule has 0 aliphatic heterocycles. The molecule has 40 heavy (non-hydrogen) atoms. The number of sulfonamides is 1. The summed E-state index contributed by atoms with van der Waals surface area (Å²) in [6, 6.07) is 9.53. The highest BCUT2D eigenvalue weighted by Crippen LogP contribution is 2.28. The van der Waals surface area contributed by atoms with Gasteiger partial charge in [0.25, 0.3) is 0 Å². The van der Waals surface area contributed by atoms with E-state index in [0.29, 0.717) is 23.2 Å². The SMILES string of the molecule is CNS(=O)(=O)c1ccc(C)c(NC(=O)[C@@H](CC2CCCCC2)NC(=N)NC(=O)Cc2ccc(S(C)(=O)=O)cc2)c1. The van der Waals surface area contributed by atoms with Gasteiger partial charge in [0, 0.05) is 11.9 Å². The lowest BCUT2D eigenvalue weighted by Crippen LogP contribution is -2.51. The molecule has 0 spiro atoms. The monoisotopic (exact) mass is 591 g/mol. The molecule has 2 aromatic carbocycles. The van der Waals surface area contributed by atoms with E-state index < -0.39 is 37.7 Å². The van der Waals surface area contributed by atoms with E-state index in [-0.39, 0.29) is 28.1 Å². The highest BCUT2D eigenvalue weighted by atomic mass is 32.2. The summed E-state index contributed by atoms with van der Waals surface area (Å²) >= 11 is 0. The van der Waals surface area contributed by atoms with Crippen molar-refractivity contribution < 1.29 is 26.4 Å². The van der Waals surface area contributed by atoms with Gasteiger partial charge in [-0.2, -0.15) is 0 Å². The van der Waals surface area contributed by atoms with Gasteiger partial charge in [0.15, 0.2) is 15.8 Å². The molecule has 13 heteroatoms. The number of anilines is 1. The zero-order valence-electron chi connectivity index (χ0n) is 22.9. The first-order valence-corrected chi connectivity index (χ1v) is 16.4. The first-order valence-electron chi connectivity index (χ1n) is 13.1. The van der Waals surface area contributed by atoms with Crippen LogP contribution in [-0.2, 0) is 35.9 Å². The van der Waals surface area contributed by atoms with Crippen LogP contribution in [0, 0.1) is 18.3 Å². The molecule has 0 aromatic heterocycles. The van der Waals surface area contributed by atoms with Crippen molar-refractivity contribution in [1.82, 2.24) is 15.4 Å². The average Bonchev–Trinajstić information content (AvgIpc) is 2.89. The number of rotatable bonds is 10. The summed E-state index contributed by atoms with van der Waals surface area (Å²) in [5.74, 6) is -1.01. The molecular formula is C27H37N5O6S2. The normalized spacial score (nSPS) is 15.2. The maximum atomic E-state index is 13.4. The minimum Gasteiger partial charge on any atom is -0.344 e. The first-order chi connectivity index (χ1) is 18.8. The van der Waals surface area contributed by atoms with E-state index in [0.717, 1.165) is 38.4 Å². The molecule has 1 saturated carbocycles. The van der Waals surface area contributed by atoms with E-state index in [2.05, 4.69) is 20.7 Å². The molecule has 218 valence electrons. The zero-order valence-corrected chi connectivity index (χ0v) is 24.5. The van der Waals surface area contributed by atoms with E-state index >= 15 is 0 Å². The van der Waals surface area contributed by atoms with E-state index in [1.165, 1.54) is 43.4 Å². The smallest absolute Gasteiger partial charge is 0.246 e. The number of guanidine groups is 1. The van der Waals surface area contributed by atoms with Crippen molar-refractivity contribution in [2.45, 2.75) is 67.7 Å². The summed E-state index contributed by atoms with van der Waals surface area (Å²) in [4.78, 5) is 26.1. The van der Waals surface area contributed by atoms with Gasteiger partial charge >= 0.3 is 0 Å². The van der Waals surface area contributed by atoms with Crippen molar-refractivity contribution >= 4 is 43.3 Å². The summed E-state index contributed by atoms with van der Waals surface area (Å²) < 4.78 is 50.1. The van der Waals surface area contributed by atoms with Crippen molar-refractivity contribution in [2.24, 2.45) is 5.92 Å². The van der Waals surface area contributed by atoms with Crippen LogP contribution in [0.15, 0.2) is 52.3 Å². The van der Waals surface area contributed by atoms with Crippen molar-refractivity contribution in [3.63, 3.8) is 0 Å². The van der Waals surface area contributed by atoms with Gasteiger partial charge in [0.2, 0.25) is 21.8 Å². The lowest BCUT2D eigenvalue weighted by molar-refractivity contribution is -0.120. The van der Waals surface area contributed by atoms with Crippen LogP contribution in [0.25, 0.3) is 0 Å². The van der Waals surface area contributed by atoms with Crippen molar-refractivity contribution in [3.8, 4) is 0 Å². The molecule has 3 rings (SSSR count). The van der Waals surface area contributed by atoms with Crippen molar-refractivity contribution in [1.29, 1.82) is 5.41 Å². The average molecular weight is 592 g/mol. The van der Waals surface area contributed by atoms with Gasteiger partial charge in [-0.3, -0.25) is 20.3 Å². The van der Waals surface area contributed by atoms with E-state index in [9.17, 15) is 26.4 Å². The van der Waals surface area contributed by atoms with E-state index in [4.69, 9.17) is 5.41 Å². The zero-order chi connectivity index (χ0) is 29.5. The quantitative estimate of drug-likeness (QED) is 0.208. The molecular weight excluding hydrogens is 554 g/mol. The molecule has 0 unspecified atom stereocenters. The lowest BCUT2D eigenvalue weighted by Gasteiger charge is -2.27. The molecule has 1 fully saturated rings. The van der Waals surface area contributed by atoms with Crippen LogP contribution in [0.4, 0.5) is 5.69 Å². The third-order valence-electron chi connectivity index (χ3n) is 6.96. The van der Waals surface area contributed by atoms with E-state index in [1.807, 2.05) is 0 Å². The van der Waals surface area contributed by atoms with Crippen LogP contribution in [0.2, 0.25) is 0 Å². The fourth-order valence-electron chi connectivity index (χ4n) is 4.66. The summed E-state index contributed by atoms with van der Waals surface area (Å²) in [7, 11) is -5.76. The maximum Gasteiger partial charge on any atom is 0.246 e. The van der Waals surface area contributed by atoms with Gasteiger partial charge in [-0.05, 0) is 61.7 Å². The minimum atomic E-state index is -3.71. The molecule has 0 heterocycles. The minimum absolute atomic E-state index is 0.0114. The standard InChI is InChI=1S/C27H37N5O6S2/c1-18-9-12-22(40(37,38)29-2)17-23(18)30-26(34)24(15-19-7-5-4-6-8-19)31-27(28)32-25(33)16-20-10-13-21(14-11-20)39(3,35)36/h9-14,17,19,24,29H,4-8,15-16H2,1-3H3,(H,30,34)(H3,28,31,32,33)/t24-/m1/s1. The summed E-state index contributed by atoms with van der Waals surface area (Å²) in [6.45, 7) is 1.75. The second-order valence-electron chi connectivity index (χ2n) is 10.1. The Morgan fingerprint density at radius 1 is 0.975 bits per heavy atom. The second kappa shape index (κ2) is 13.4. The number of carbonyl (C=O) groups excluding carboxylic acids is 2. The van der Waals surface area contributed by atoms with Gasteiger partial charge in [-0.1, -0.05) is 50.3 Å². The number of nitrogens with one attached hydrogen (secondary N) is 5. The molecule has 0 bridgehead atoms. The fourth-order valence-corrected chi connectivity index (χ4v) is 6.05. The first kappa shape index (κ1) is 31.2. The Balaban J connectivity index is 1.70. The number of carbonyl (C=O) groups is 2. The Labute approximate surface area is 236 Å². The predicted octanol–water partition coefficient (Wildman–Crippen LogP) is 2.47. The summed E-state index contributed by atoms with van der Waals surface area (Å²) in [6.07, 6.45) is 6.66. The number of sulfone groups is 1. The highest BCUT2D eigenvalue weighted by molar-refractivity contribution is 7.90. The third kappa shape index (κ3) is 8.86. The van der Waals surface area contributed by atoms with E-state index in [1.54, 1.807) is 13.0 Å². The van der Waals surface area contributed by atoms with Gasteiger partial charge < -0.3 is 10.6 Å². The van der Waals surface area contributed by atoms with Crippen LogP contribution >= 0.6 is 0 Å². The van der Waals surface area contributed by atoms with Crippen LogP contribution in [0.3, 0.4) is 0 Å². The largest absolute Gasteiger partial charge is 0.344 e. The van der Waals surface area contributed by atoms with Crippen LogP contribution in [0.5, 0.6) is 0 Å². The number of benzene rings is 2. The Kier molecular flexibility index (Phi) is 10.4. The molecule has 2 aromatic rings.